The van der Waals surface area contributed by atoms with Gasteiger partial charge in [-0.3, -0.25) is 9.59 Å². The average Bonchev–Trinajstić information content (AvgIpc) is 2.55. The molecular formula is C17H22F2N2O2. The molecule has 0 bridgehead atoms. The first-order chi connectivity index (χ1) is 11.0. The Morgan fingerprint density at radius 1 is 1.17 bits per heavy atom. The van der Waals surface area contributed by atoms with Crippen molar-refractivity contribution < 1.29 is 18.4 Å². The monoisotopic (exact) mass is 324 g/mol. The van der Waals surface area contributed by atoms with Gasteiger partial charge in [0.25, 0.3) is 0 Å². The van der Waals surface area contributed by atoms with E-state index in [0.717, 1.165) is 44.2 Å². The maximum Gasteiger partial charge on any atom is 0.239 e. The first-order valence-electron chi connectivity index (χ1n) is 7.99. The molecule has 2 N–H and O–H groups in total. The molecule has 4 nitrogen and oxygen atoms in total. The van der Waals surface area contributed by atoms with Gasteiger partial charge >= 0.3 is 0 Å². The van der Waals surface area contributed by atoms with Crippen LogP contribution in [0, 0.1) is 17.6 Å². The summed E-state index contributed by atoms with van der Waals surface area (Å²) in [6.07, 6.45) is 5.02. The molecule has 23 heavy (non-hydrogen) atoms. The number of hydrogen-bond acceptors (Lipinski definition) is 2. The lowest BCUT2D eigenvalue weighted by molar-refractivity contribution is -0.129. The fraction of sp³-hybridized carbons (Fsp3) is 0.529. The van der Waals surface area contributed by atoms with E-state index < -0.39 is 17.7 Å². The van der Waals surface area contributed by atoms with Crippen LogP contribution in [0.25, 0.3) is 0 Å². The van der Waals surface area contributed by atoms with Crippen LogP contribution in [0.15, 0.2) is 18.2 Å². The molecule has 6 heteroatoms. The van der Waals surface area contributed by atoms with Crippen molar-refractivity contribution in [2.45, 2.75) is 45.1 Å². The van der Waals surface area contributed by atoms with Crippen LogP contribution >= 0.6 is 0 Å². The first kappa shape index (κ1) is 17.4. The normalized spacial score (nSPS) is 16.7. The molecule has 126 valence electrons. The summed E-state index contributed by atoms with van der Waals surface area (Å²) in [6, 6.07) is 3.03. The van der Waals surface area contributed by atoms with E-state index >= 15 is 0 Å². The number of halogens is 2. The van der Waals surface area contributed by atoms with Gasteiger partial charge in [-0.2, -0.15) is 0 Å². The maximum atomic E-state index is 13.2. The number of carbonyl (C=O) groups is 2. The zero-order valence-corrected chi connectivity index (χ0v) is 13.2. The van der Waals surface area contributed by atoms with Crippen molar-refractivity contribution in [2.24, 2.45) is 5.92 Å². The first-order valence-corrected chi connectivity index (χ1v) is 7.99. The minimum atomic E-state index is -0.950. The smallest absolute Gasteiger partial charge is 0.239 e. The van der Waals surface area contributed by atoms with Gasteiger partial charge in [0.2, 0.25) is 11.8 Å². The molecule has 2 amide bonds. The third-order valence-corrected chi connectivity index (χ3v) is 4.22. The van der Waals surface area contributed by atoms with E-state index in [4.69, 9.17) is 0 Å². The highest BCUT2D eigenvalue weighted by atomic mass is 19.2. The number of nitrogens with one attached hydrogen (secondary N) is 2. The largest absolute Gasteiger partial charge is 0.348 e. The molecular weight excluding hydrogens is 302 g/mol. The lowest BCUT2D eigenvalue weighted by atomic mass is 9.89. The van der Waals surface area contributed by atoms with Gasteiger partial charge in [0.1, 0.15) is 0 Å². The lowest BCUT2D eigenvalue weighted by Crippen LogP contribution is -2.40. The van der Waals surface area contributed by atoms with E-state index in [-0.39, 0.29) is 24.3 Å². The van der Waals surface area contributed by atoms with E-state index in [2.05, 4.69) is 10.6 Å². The predicted octanol–water partition coefficient (Wildman–Crippen LogP) is 2.84. The van der Waals surface area contributed by atoms with E-state index in [1.807, 2.05) is 0 Å². The van der Waals surface area contributed by atoms with Gasteiger partial charge in [-0.15, -0.1) is 0 Å². The summed E-state index contributed by atoms with van der Waals surface area (Å²) in [4.78, 5) is 23.8. The SMILES string of the molecule is CC(NC(=O)CNC(=O)C1CCCCC1)c1ccc(F)c(F)c1. The van der Waals surface area contributed by atoms with Gasteiger partial charge in [0.05, 0.1) is 12.6 Å². The second-order valence-electron chi connectivity index (χ2n) is 6.02. The standard InChI is InChI=1S/C17H22F2N2O2/c1-11(13-7-8-14(18)15(19)9-13)21-16(22)10-20-17(23)12-5-3-2-4-6-12/h7-9,11-12H,2-6,10H2,1H3,(H,20,23)(H,21,22). The zero-order chi connectivity index (χ0) is 16.8. The van der Waals surface area contributed by atoms with Crippen molar-refractivity contribution >= 4 is 11.8 Å². The summed E-state index contributed by atoms with van der Waals surface area (Å²) in [6.45, 7) is 1.57. The molecule has 0 radical (unpaired) electrons. The Morgan fingerprint density at radius 2 is 1.87 bits per heavy atom. The molecule has 1 saturated carbocycles. The topological polar surface area (TPSA) is 58.2 Å². The van der Waals surface area contributed by atoms with Crippen LogP contribution in [0.3, 0.4) is 0 Å². The second-order valence-corrected chi connectivity index (χ2v) is 6.02. The third-order valence-electron chi connectivity index (χ3n) is 4.22. The molecule has 0 spiro atoms. The third kappa shape index (κ3) is 5.01. The Morgan fingerprint density at radius 3 is 2.52 bits per heavy atom. The van der Waals surface area contributed by atoms with E-state index in [0.29, 0.717) is 5.56 Å². The second kappa shape index (κ2) is 8.04. The minimum Gasteiger partial charge on any atom is -0.348 e. The highest BCUT2D eigenvalue weighted by Crippen LogP contribution is 2.23. The fourth-order valence-electron chi connectivity index (χ4n) is 2.83. The Kier molecular flexibility index (Phi) is 6.07. The molecule has 1 aromatic carbocycles. The van der Waals surface area contributed by atoms with Crippen LogP contribution in [-0.4, -0.2) is 18.4 Å². The summed E-state index contributed by atoms with van der Waals surface area (Å²) in [7, 11) is 0. The number of amides is 2. The molecule has 2 rings (SSSR count). The van der Waals surface area contributed by atoms with Gasteiger partial charge in [-0.1, -0.05) is 25.3 Å². The molecule has 0 saturated heterocycles. The number of hydrogen-bond donors (Lipinski definition) is 2. The number of carbonyl (C=O) groups excluding carboxylic acids is 2. The highest BCUT2D eigenvalue weighted by molar-refractivity contribution is 5.86. The number of rotatable bonds is 5. The van der Waals surface area contributed by atoms with Gasteiger partial charge in [0, 0.05) is 5.92 Å². The average molecular weight is 324 g/mol. The Balaban J connectivity index is 1.79. The van der Waals surface area contributed by atoms with Crippen molar-refractivity contribution in [2.75, 3.05) is 6.54 Å². The molecule has 0 heterocycles. The van der Waals surface area contributed by atoms with Crippen LogP contribution in [0.4, 0.5) is 8.78 Å². The summed E-state index contributed by atoms with van der Waals surface area (Å²) in [5.41, 5.74) is 0.468. The molecule has 1 aliphatic rings. The van der Waals surface area contributed by atoms with Gasteiger partial charge < -0.3 is 10.6 Å². The number of benzene rings is 1. The Labute approximate surface area is 134 Å². The zero-order valence-electron chi connectivity index (χ0n) is 13.2. The van der Waals surface area contributed by atoms with Gasteiger partial charge in [0.15, 0.2) is 11.6 Å². The van der Waals surface area contributed by atoms with Gasteiger partial charge in [-0.25, -0.2) is 8.78 Å². The summed E-state index contributed by atoms with van der Waals surface area (Å²) in [5, 5.41) is 5.30. The van der Waals surface area contributed by atoms with Crippen LogP contribution in [0.2, 0.25) is 0 Å². The van der Waals surface area contributed by atoms with Gasteiger partial charge in [-0.05, 0) is 37.5 Å². The van der Waals surface area contributed by atoms with Crippen LogP contribution in [0.5, 0.6) is 0 Å². The Hall–Kier alpha value is -1.98. The molecule has 1 atom stereocenters. The summed E-state index contributed by atoms with van der Waals surface area (Å²) in [5.74, 6) is -2.31. The molecule has 1 aliphatic carbocycles. The van der Waals surface area contributed by atoms with Crippen molar-refractivity contribution in [3.8, 4) is 0 Å². The fourth-order valence-corrected chi connectivity index (χ4v) is 2.83. The summed E-state index contributed by atoms with van der Waals surface area (Å²) >= 11 is 0. The molecule has 0 aliphatic heterocycles. The van der Waals surface area contributed by atoms with Crippen molar-refractivity contribution in [3.05, 3.63) is 35.4 Å². The molecule has 1 unspecified atom stereocenters. The van der Waals surface area contributed by atoms with E-state index in [1.165, 1.54) is 6.07 Å². The van der Waals surface area contributed by atoms with E-state index in [1.54, 1.807) is 6.92 Å². The van der Waals surface area contributed by atoms with E-state index in [9.17, 15) is 18.4 Å². The Bertz CT molecular complexity index is 572. The molecule has 1 fully saturated rings. The highest BCUT2D eigenvalue weighted by Gasteiger charge is 2.21. The quantitative estimate of drug-likeness (QED) is 0.875. The molecule has 1 aromatic rings. The summed E-state index contributed by atoms with van der Waals surface area (Å²) < 4.78 is 26.1. The minimum absolute atomic E-state index is 0.000155. The predicted molar refractivity (Wildman–Crippen MR) is 82.5 cm³/mol. The van der Waals surface area contributed by atoms with Crippen molar-refractivity contribution in [1.82, 2.24) is 10.6 Å². The van der Waals surface area contributed by atoms with Crippen LogP contribution < -0.4 is 10.6 Å². The van der Waals surface area contributed by atoms with Crippen LogP contribution in [0.1, 0.15) is 50.6 Å². The maximum absolute atomic E-state index is 13.2. The van der Waals surface area contributed by atoms with Crippen molar-refractivity contribution in [3.63, 3.8) is 0 Å². The van der Waals surface area contributed by atoms with Crippen LogP contribution in [-0.2, 0) is 9.59 Å². The molecule has 0 aromatic heterocycles. The van der Waals surface area contributed by atoms with Crippen molar-refractivity contribution in [1.29, 1.82) is 0 Å². The lowest BCUT2D eigenvalue weighted by Gasteiger charge is -2.21.